The minimum absolute atomic E-state index is 0.0669. The molecular formula is C20H16F4N2O2. The summed E-state index contributed by atoms with van der Waals surface area (Å²) in [5, 5.41) is 11.5. The molecule has 1 unspecified atom stereocenters. The third-order valence-electron chi connectivity index (χ3n) is 4.36. The topological polar surface area (TPSA) is 62.2 Å². The first kappa shape index (κ1) is 19.8. The third-order valence-corrected chi connectivity index (χ3v) is 4.36. The van der Waals surface area contributed by atoms with Crippen LogP contribution >= 0.6 is 0 Å². The van der Waals surface area contributed by atoms with Crippen LogP contribution < -0.4 is 5.32 Å². The molecule has 0 saturated heterocycles. The minimum atomic E-state index is -4.88. The number of carbonyl (C=O) groups is 1. The van der Waals surface area contributed by atoms with Crippen LogP contribution in [-0.2, 0) is 6.18 Å². The molecule has 3 rings (SSSR count). The lowest BCUT2D eigenvalue weighted by atomic mass is 9.99. The van der Waals surface area contributed by atoms with Gasteiger partial charge in [0.2, 0.25) is 0 Å². The molecule has 1 heterocycles. The molecule has 0 spiro atoms. The van der Waals surface area contributed by atoms with Crippen molar-refractivity contribution in [2.45, 2.75) is 12.1 Å². The zero-order valence-corrected chi connectivity index (χ0v) is 14.5. The molecule has 0 aliphatic rings. The molecule has 3 aromatic rings. The second-order valence-electron chi connectivity index (χ2n) is 6.21. The lowest BCUT2D eigenvalue weighted by Gasteiger charge is -2.18. The summed E-state index contributed by atoms with van der Waals surface area (Å²) in [6, 6.07) is 11.6. The fourth-order valence-corrected chi connectivity index (χ4v) is 2.97. The average Bonchev–Trinajstić information content (AvgIpc) is 2.67. The van der Waals surface area contributed by atoms with Gasteiger partial charge in [-0.1, -0.05) is 30.3 Å². The number of fused-ring (bicyclic) bond motifs is 1. The highest BCUT2D eigenvalue weighted by atomic mass is 19.4. The van der Waals surface area contributed by atoms with E-state index in [1.165, 1.54) is 0 Å². The van der Waals surface area contributed by atoms with Crippen LogP contribution in [0, 0.1) is 5.82 Å². The van der Waals surface area contributed by atoms with Crippen LogP contribution in [0.4, 0.5) is 17.6 Å². The number of pyridine rings is 1. The van der Waals surface area contributed by atoms with E-state index in [-0.39, 0.29) is 18.7 Å². The number of hydrogen-bond acceptors (Lipinski definition) is 3. The molecule has 2 N–H and O–H groups in total. The molecule has 1 aromatic heterocycles. The molecule has 28 heavy (non-hydrogen) atoms. The molecule has 0 saturated carbocycles. The van der Waals surface area contributed by atoms with Crippen LogP contribution in [0.2, 0.25) is 0 Å². The number of alkyl halides is 3. The van der Waals surface area contributed by atoms with Crippen molar-refractivity contribution in [3.05, 3.63) is 77.2 Å². The summed E-state index contributed by atoms with van der Waals surface area (Å²) in [5.41, 5.74) is -1.27. The van der Waals surface area contributed by atoms with E-state index in [0.29, 0.717) is 6.07 Å². The highest BCUT2D eigenvalue weighted by Crippen LogP contribution is 2.37. The number of carbonyl (C=O) groups excluding carboxylic acids is 1. The molecule has 0 bridgehead atoms. The Morgan fingerprint density at radius 2 is 1.86 bits per heavy atom. The summed E-state index contributed by atoms with van der Waals surface area (Å²) in [4.78, 5) is 16.3. The lowest BCUT2D eigenvalue weighted by Crippen LogP contribution is -2.31. The number of nitrogens with zero attached hydrogens (tertiary/aromatic N) is 1. The molecular weight excluding hydrogens is 376 g/mol. The molecule has 0 radical (unpaired) electrons. The Kier molecular flexibility index (Phi) is 5.60. The van der Waals surface area contributed by atoms with Crippen LogP contribution in [0.3, 0.4) is 0 Å². The largest absolute Gasteiger partial charge is 0.417 e. The fourth-order valence-electron chi connectivity index (χ4n) is 2.97. The van der Waals surface area contributed by atoms with E-state index in [0.717, 1.165) is 23.9 Å². The number of aromatic nitrogens is 1. The van der Waals surface area contributed by atoms with Gasteiger partial charge in [-0.25, -0.2) is 4.39 Å². The first-order chi connectivity index (χ1) is 13.3. The molecule has 1 amide bonds. The highest BCUT2D eigenvalue weighted by molar-refractivity contribution is 6.00. The van der Waals surface area contributed by atoms with Gasteiger partial charge < -0.3 is 10.4 Å². The van der Waals surface area contributed by atoms with Gasteiger partial charge in [-0.2, -0.15) is 13.2 Å². The van der Waals surface area contributed by atoms with E-state index in [1.807, 2.05) is 0 Å². The lowest BCUT2D eigenvalue weighted by molar-refractivity contribution is -0.136. The molecule has 1 atom stereocenters. The fraction of sp³-hybridized carbons (Fsp3) is 0.200. The van der Waals surface area contributed by atoms with Crippen molar-refractivity contribution in [2.24, 2.45) is 0 Å². The van der Waals surface area contributed by atoms with Gasteiger partial charge in [-0.3, -0.25) is 9.78 Å². The first-order valence-electron chi connectivity index (χ1n) is 8.40. The van der Waals surface area contributed by atoms with Crippen LogP contribution in [0.25, 0.3) is 10.9 Å². The summed E-state index contributed by atoms with van der Waals surface area (Å²) in [6.45, 7) is -0.366. The van der Waals surface area contributed by atoms with Crippen LogP contribution in [0.5, 0.6) is 0 Å². The summed E-state index contributed by atoms with van der Waals surface area (Å²) in [7, 11) is 0. The van der Waals surface area contributed by atoms with E-state index in [1.54, 1.807) is 30.3 Å². The normalized spacial score (nSPS) is 12.8. The molecule has 4 nitrogen and oxygen atoms in total. The van der Waals surface area contributed by atoms with Crippen molar-refractivity contribution in [2.75, 3.05) is 13.2 Å². The number of rotatable bonds is 5. The van der Waals surface area contributed by atoms with E-state index < -0.39 is 40.3 Å². The van der Waals surface area contributed by atoms with Gasteiger partial charge >= 0.3 is 6.18 Å². The molecule has 0 fully saturated rings. The molecule has 0 aliphatic carbocycles. The number of nitrogens with one attached hydrogen (secondary N) is 1. The zero-order chi connectivity index (χ0) is 20.3. The summed E-state index contributed by atoms with van der Waals surface area (Å²) in [5.74, 6) is -2.34. The minimum Gasteiger partial charge on any atom is -0.396 e. The van der Waals surface area contributed by atoms with Gasteiger partial charge in [-0.05, 0) is 23.8 Å². The number of halogens is 4. The van der Waals surface area contributed by atoms with Gasteiger partial charge in [0.15, 0.2) is 0 Å². The van der Waals surface area contributed by atoms with E-state index in [2.05, 4.69) is 10.3 Å². The van der Waals surface area contributed by atoms with Gasteiger partial charge in [0.25, 0.3) is 5.91 Å². The molecule has 0 aliphatic heterocycles. The quantitative estimate of drug-likeness (QED) is 0.648. The van der Waals surface area contributed by atoms with E-state index in [9.17, 15) is 27.5 Å². The predicted molar refractivity (Wildman–Crippen MR) is 95.3 cm³/mol. The Hall–Kier alpha value is -3.00. The maximum atomic E-state index is 13.6. The average molecular weight is 392 g/mol. The maximum Gasteiger partial charge on any atom is 0.417 e. The van der Waals surface area contributed by atoms with Gasteiger partial charge in [0.1, 0.15) is 5.82 Å². The van der Waals surface area contributed by atoms with Crippen LogP contribution in [0.1, 0.15) is 27.4 Å². The van der Waals surface area contributed by atoms with Gasteiger partial charge in [0, 0.05) is 24.0 Å². The number of aliphatic hydroxyl groups is 1. The SMILES string of the molecule is O=C(NCC(CO)c1ccccc1)c1cnc2ccc(F)cc2c1C(F)(F)F. The van der Waals surface area contributed by atoms with Crippen molar-refractivity contribution < 1.29 is 27.5 Å². The van der Waals surface area contributed by atoms with Crippen molar-refractivity contribution in [3.63, 3.8) is 0 Å². The summed E-state index contributed by atoms with van der Waals surface area (Å²) < 4.78 is 54.4. The zero-order valence-electron chi connectivity index (χ0n) is 14.5. The number of aliphatic hydroxyl groups excluding tert-OH is 1. The van der Waals surface area contributed by atoms with Gasteiger partial charge in [-0.15, -0.1) is 0 Å². The van der Waals surface area contributed by atoms with Crippen molar-refractivity contribution in [3.8, 4) is 0 Å². The van der Waals surface area contributed by atoms with Crippen LogP contribution in [0.15, 0.2) is 54.7 Å². The summed E-state index contributed by atoms with van der Waals surface area (Å²) in [6.07, 6.45) is -4.05. The number of hydrogen-bond donors (Lipinski definition) is 2. The first-order valence-corrected chi connectivity index (χ1v) is 8.40. The van der Waals surface area contributed by atoms with E-state index in [4.69, 9.17) is 0 Å². The Labute approximate surface area is 157 Å². The van der Waals surface area contributed by atoms with Crippen LogP contribution in [-0.4, -0.2) is 29.1 Å². The molecule has 8 heteroatoms. The molecule has 2 aromatic carbocycles. The Bertz CT molecular complexity index is 991. The van der Waals surface area contributed by atoms with Crippen molar-refractivity contribution >= 4 is 16.8 Å². The maximum absolute atomic E-state index is 13.6. The van der Waals surface area contributed by atoms with Crippen molar-refractivity contribution in [1.82, 2.24) is 10.3 Å². The third kappa shape index (κ3) is 4.12. The summed E-state index contributed by atoms with van der Waals surface area (Å²) >= 11 is 0. The second-order valence-corrected chi connectivity index (χ2v) is 6.21. The predicted octanol–water partition coefficient (Wildman–Crippen LogP) is 3.90. The monoisotopic (exact) mass is 392 g/mol. The van der Waals surface area contributed by atoms with Gasteiger partial charge in [0.05, 0.1) is 23.3 Å². The highest BCUT2D eigenvalue weighted by Gasteiger charge is 2.38. The smallest absolute Gasteiger partial charge is 0.396 e. The van der Waals surface area contributed by atoms with Crippen molar-refractivity contribution in [1.29, 1.82) is 0 Å². The standard InChI is InChI=1S/C20H16F4N2O2/c21-14-6-7-17-15(8-14)18(20(22,23)24)16(10-25-17)19(28)26-9-13(11-27)12-4-2-1-3-5-12/h1-8,10,13,27H,9,11H2,(H,26,28). The Morgan fingerprint density at radius 1 is 1.14 bits per heavy atom. The second kappa shape index (κ2) is 7.93. The Balaban J connectivity index is 1.93. The number of benzene rings is 2. The number of amides is 1. The molecule has 146 valence electrons. The van der Waals surface area contributed by atoms with E-state index >= 15 is 0 Å². The Morgan fingerprint density at radius 3 is 2.50 bits per heavy atom.